The summed E-state index contributed by atoms with van der Waals surface area (Å²) in [6.07, 6.45) is 3.54. The molecule has 0 saturated heterocycles. The van der Waals surface area contributed by atoms with Crippen LogP contribution in [0.1, 0.15) is 39.2 Å². The first-order chi connectivity index (χ1) is 8.60. The van der Waals surface area contributed by atoms with Crippen LogP contribution in [0.4, 0.5) is 5.69 Å². The van der Waals surface area contributed by atoms with E-state index in [2.05, 4.69) is 72.9 Å². The number of hydrogen-bond acceptors (Lipinski definition) is 1. The summed E-state index contributed by atoms with van der Waals surface area (Å²) in [5.74, 6) is 0. The molecule has 0 bridgehead atoms. The lowest BCUT2D eigenvalue weighted by Crippen LogP contribution is -2.36. The molecule has 0 spiro atoms. The molecule has 0 amide bonds. The molecule has 0 saturated carbocycles. The fourth-order valence-electron chi connectivity index (χ4n) is 2.29. The largest absolute Gasteiger partial charge is 0.374 e. The number of benzene rings is 1. The van der Waals surface area contributed by atoms with E-state index < -0.39 is 0 Å². The Bertz CT molecular complexity index is 332. The van der Waals surface area contributed by atoms with Crippen molar-refractivity contribution >= 4 is 21.6 Å². The highest BCUT2D eigenvalue weighted by Gasteiger charge is 2.26. The summed E-state index contributed by atoms with van der Waals surface area (Å²) in [5, 5.41) is 1.07. The summed E-state index contributed by atoms with van der Waals surface area (Å²) >= 11 is 3.69. The molecule has 1 nitrogen and oxygen atoms in total. The molecule has 1 rings (SSSR count). The second-order valence-electron chi connectivity index (χ2n) is 5.22. The third-order valence-corrected chi connectivity index (χ3v) is 5.33. The minimum absolute atomic E-state index is 0.387. The van der Waals surface area contributed by atoms with Gasteiger partial charge in [0.25, 0.3) is 0 Å². The minimum Gasteiger partial charge on any atom is -0.374 e. The van der Waals surface area contributed by atoms with Crippen LogP contribution in [0.3, 0.4) is 0 Å². The Balaban J connectivity index is 2.76. The van der Waals surface area contributed by atoms with Crippen LogP contribution in [0.25, 0.3) is 0 Å². The van der Waals surface area contributed by atoms with Crippen molar-refractivity contribution in [2.24, 2.45) is 5.41 Å². The Labute approximate surface area is 121 Å². The maximum absolute atomic E-state index is 3.69. The van der Waals surface area contributed by atoms with Gasteiger partial charge in [0.1, 0.15) is 0 Å². The van der Waals surface area contributed by atoms with Crippen LogP contribution < -0.4 is 4.90 Å². The zero-order valence-corrected chi connectivity index (χ0v) is 13.8. The molecule has 1 aromatic rings. The lowest BCUT2D eigenvalue weighted by Gasteiger charge is -2.35. The number of alkyl halides is 1. The molecule has 102 valence electrons. The van der Waals surface area contributed by atoms with E-state index in [1.807, 2.05) is 0 Å². The van der Waals surface area contributed by atoms with Gasteiger partial charge in [0.05, 0.1) is 0 Å². The molecule has 1 aromatic carbocycles. The molecule has 0 fully saturated rings. The van der Waals surface area contributed by atoms with Gasteiger partial charge >= 0.3 is 0 Å². The van der Waals surface area contributed by atoms with Crippen molar-refractivity contribution in [1.29, 1.82) is 0 Å². The number of halogens is 1. The second-order valence-corrected chi connectivity index (χ2v) is 5.78. The van der Waals surface area contributed by atoms with E-state index in [1.165, 1.54) is 24.1 Å². The van der Waals surface area contributed by atoms with E-state index >= 15 is 0 Å². The maximum Gasteiger partial charge on any atom is 0.0363 e. The first-order valence-electron chi connectivity index (χ1n) is 6.96. The van der Waals surface area contributed by atoms with Gasteiger partial charge in [0.15, 0.2) is 0 Å². The zero-order chi connectivity index (χ0) is 13.6. The Morgan fingerprint density at radius 1 is 1.06 bits per heavy atom. The van der Waals surface area contributed by atoms with E-state index in [0.29, 0.717) is 5.41 Å². The van der Waals surface area contributed by atoms with Gasteiger partial charge in [0.2, 0.25) is 0 Å². The molecule has 0 aromatic heterocycles. The van der Waals surface area contributed by atoms with Gasteiger partial charge in [-0.3, -0.25) is 0 Å². The molecule has 0 N–H and O–H groups in total. The van der Waals surface area contributed by atoms with Crippen LogP contribution in [0.15, 0.2) is 24.3 Å². The smallest absolute Gasteiger partial charge is 0.0363 e. The molecule has 0 aliphatic heterocycles. The highest BCUT2D eigenvalue weighted by atomic mass is 79.9. The molecular formula is C16H26BrN. The minimum atomic E-state index is 0.387. The first-order valence-corrected chi connectivity index (χ1v) is 8.09. The predicted octanol–water partition coefficient (Wildman–Crippen LogP) is 4.89. The zero-order valence-electron chi connectivity index (χ0n) is 12.2. The monoisotopic (exact) mass is 311 g/mol. The number of nitrogens with zero attached hydrogens (tertiary/aromatic N) is 1. The SMILES string of the molecule is CCc1ccc(N(C)CC(CC)(CC)CBr)cc1. The maximum atomic E-state index is 3.69. The Kier molecular flexibility index (Phi) is 6.20. The summed E-state index contributed by atoms with van der Waals surface area (Å²) in [7, 11) is 2.20. The summed E-state index contributed by atoms with van der Waals surface area (Å²) < 4.78 is 0. The molecule has 0 atom stereocenters. The van der Waals surface area contributed by atoms with Crippen LogP contribution in [-0.2, 0) is 6.42 Å². The third kappa shape index (κ3) is 3.74. The van der Waals surface area contributed by atoms with Crippen molar-refractivity contribution in [2.45, 2.75) is 40.0 Å². The number of rotatable bonds is 7. The lowest BCUT2D eigenvalue weighted by molar-refractivity contribution is 0.316. The van der Waals surface area contributed by atoms with Gasteiger partial charge in [0, 0.05) is 24.6 Å². The average Bonchev–Trinajstić information content (AvgIpc) is 2.45. The molecule has 0 aliphatic rings. The van der Waals surface area contributed by atoms with Crippen molar-refractivity contribution in [3.8, 4) is 0 Å². The van der Waals surface area contributed by atoms with Crippen molar-refractivity contribution in [2.75, 3.05) is 23.8 Å². The van der Waals surface area contributed by atoms with Crippen LogP contribution in [0.2, 0.25) is 0 Å². The average molecular weight is 312 g/mol. The van der Waals surface area contributed by atoms with Crippen LogP contribution in [0, 0.1) is 5.41 Å². The Morgan fingerprint density at radius 3 is 2.00 bits per heavy atom. The second kappa shape index (κ2) is 7.18. The van der Waals surface area contributed by atoms with Gasteiger partial charge in [-0.15, -0.1) is 0 Å². The standard InChI is InChI=1S/C16H26BrN/c1-5-14-8-10-15(11-9-14)18(4)13-16(6-2,7-3)12-17/h8-11H,5-7,12-13H2,1-4H3. The van der Waals surface area contributed by atoms with Gasteiger partial charge in [-0.05, 0) is 42.4 Å². The van der Waals surface area contributed by atoms with Crippen LogP contribution in [0.5, 0.6) is 0 Å². The van der Waals surface area contributed by atoms with Gasteiger partial charge < -0.3 is 4.90 Å². The highest BCUT2D eigenvalue weighted by molar-refractivity contribution is 9.09. The normalized spacial score (nSPS) is 11.6. The first kappa shape index (κ1) is 15.6. The summed E-state index contributed by atoms with van der Waals surface area (Å²) in [6, 6.07) is 8.95. The lowest BCUT2D eigenvalue weighted by atomic mass is 9.84. The van der Waals surface area contributed by atoms with E-state index in [1.54, 1.807) is 0 Å². The van der Waals surface area contributed by atoms with E-state index in [9.17, 15) is 0 Å². The molecule has 0 unspecified atom stereocenters. The molecule has 0 aliphatic carbocycles. The summed E-state index contributed by atoms with van der Waals surface area (Å²) in [6.45, 7) is 7.89. The van der Waals surface area contributed by atoms with Crippen LogP contribution in [-0.4, -0.2) is 18.9 Å². The number of hydrogen-bond donors (Lipinski definition) is 0. The number of anilines is 1. The van der Waals surface area contributed by atoms with Gasteiger partial charge in [-0.25, -0.2) is 0 Å². The Hall–Kier alpha value is -0.500. The summed E-state index contributed by atoms with van der Waals surface area (Å²) in [4.78, 5) is 2.38. The number of aryl methyl sites for hydroxylation is 1. The van der Waals surface area contributed by atoms with Crippen molar-refractivity contribution < 1.29 is 0 Å². The van der Waals surface area contributed by atoms with E-state index in [0.717, 1.165) is 18.3 Å². The van der Waals surface area contributed by atoms with E-state index in [-0.39, 0.29) is 0 Å². The Morgan fingerprint density at radius 2 is 1.61 bits per heavy atom. The molecule has 0 heterocycles. The van der Waals surface area contributed by atoms with Gasteiger partial charge in [-0.1, -0.05) is 48.8 Å². The molecular weight excluding hydrogens is 286 g/mol. The van der Waals surface area contributed by atoms with Crippen molar-refractivity contribution in [1.82, 2.24) is 0 Å². The van der Waals surface area contributed by atoms with Crippen LogP contribution >= 0.6 is 15.9 Å². The van der Waals surface area contributed by atoms with Crippen molar-refractivity contribution in [3.05, 3.63) is 29.8 Å². The third-order valence-electron chi connectivity index (χ3n) is 4.14. The van der Waals surface area contributed by atoms with E-state index in [4.69, 9.17) is 0 Å². The van der Waals surface area contributed by atoms with Gasteiger partial charge in [-0.2, -0.15) is 0 Å². The quantitative estimate of drug-likeness (QED) is 0.648. The summed E-state index contributed by atoms with van der Waals surface area (Å²) in [5.41, 5.74) is 3.11. The highest BCUT2D eigenvalue weighted by Crippen LogP contribution is 2.31. The fraction of sp³-hybridized carbons (Fsp3) is 0.625. The predicted molar refractivity (Wildman–Crippen MR) is 85.9 cm³/mol. The molecule has 18 heavy (non-hydrogen) atoms. The van der Waals surface area contributed by atoms with Crippen molar-refractivity contribution in [3.63, 3.8) is 0 Å². The topological polar surface area (TPSA) is 3.24 Å². The molecule has 0 radical (unpaired) electrons. The molecule has 2 heteroatoms. The fourth-order valence-corrected chi connectivity index (χ4v) is 3.26.